The minimum absolute atomic E-state index is 0.121. The van der Waals surface area contributed by atoms with Gasteiger partial charge in [0.1, 0.15) is 0 Å². The monoisotopic (exact) mass is 282 g/mol. The van der Waals surface area contributed by atoms with Crippen molar-refractivity contribution in [2.75, 3.05) is 26.7 Å². The van der Waals surface area contributed by atoms with Crippen molar-refractivity contribution in [1.82, 2.24) is 9.80 Å². The largest absolute Gasteiger partial charge is 0.391 e. The second kappa shape index (κ2) is 6.33. The second-order valence-electron chi connectivity index (χ2n) is 7.84. The summed E-state index contributed by atoms with van der Waals surface area (Å²) in [5.41, 5.74) is 0.411. The van der Waals surface area contributed by atoms with Gasteiger partial charge in [-0.1, -0.05) is 27.2 Å². The molecule has 0 radical (unpaired) electrons. The maximum absolute atomic E-state index is 10.5. The van der Waals surface area contributed by atoms with E-state index in [0.717, 1.165) is 32.0 Å². The summed E-state index contributed by atoms with van der Waals surface area (Å²) in [6, 6.07) is 0.945. The van der Waals surface area contributed by atoms with E-state index < -0.39 is 0 Å². The van der Waals surface area contributed by atoms with Gasteiger partial charge in [0, 0.05) is 31.7 Å². The molecule has 1 aliphatic heterocycles. The van der Waals surface area contributed by atoms with Gasteiger partial charge >= 0.3 is 0 Å². The molecule has 1 aliphatic carbocycles. The number of rotatable bonds is 3. The Morgan fingerprint density at radius 2 is 1.90 bits per heavy atom. The highest BCUT2D eigenvalue weighted by atomic mass is 16.3. The fourth-order valence-corrected chi connectivity index (χ4v) is 4.13. The summed E-state index contributed by atoms with van der Waals surface area (Å²) in [6.45, 7) is 12.8. The first-order chi connectivity index (χ1) is 9.35. The van der Waals surface area contributed by atoms with Crippen molar-refractivity contribution < 1.29 is 5.11 Å². The van der Waals surface area contributed by atoms with E-state index in [1.807, 2.05) is 0 Å². The molecule has 2 aliphatic rings. The highest BCUT2D eigenvalue weighted by Gasteiger charge is 2.40. The zero-order chi connectivity index (χ0) is 14.9. The molecule has 0 spiro atoms. The number of piperazine rings is 1. The minimum Gasteiger partial charge on any atom is -0.391 e. The van der Waals surface area contributed by atoms with Crippen molar-refractivity contribution >= 4 is 0 Å². The fourth-order valence-electron chi connectivity index (χ4n) is 4.13. The van der Waals surface area contributed by atoms with Gasteiger partial charge in [0.05, 0.1) is 6.10 Å². The lowest BCUT2D eigenvalue weighted by Crippen LogP contribution is -2.59. The molecule has 20 heavy (non-hydrogen) atoms. The van der Waals surface area contributed by atoms with Crippen LogP contribution in [0.4, 0.5) is 0 Å². The Kier molecular flexibility index (Phi) is 5.14. The average molecular weight is 282 g/mol. The molecular formula is C17H34N2O. The lowest BCUT2D eigenvalue weighted by molar-refractivity contribution is -0.0521. The Morgan fingerprint density at radius 3 is 2.50 bits per heavy atom. The Morgan fingerprint density at radius 1 is 1.20 bits per heavy atom. The van der Waals surface area contributed by atoms with Crippen LogP contribution in [0, 0.1) is 11.3 Å². The highest BCUT2D eigenvalue weighted by molar-refractivity contribution is 4.94. The van der Waals surface area contributed by atoms with E-state index >= 15 is 0 Å². The Balaban J connectivity index is 2.05. The SMILES string of the molecule is CCC(C)(C)C1CCC(O)C(N2CCN(C)CC2C)C1. The molecule has 3 heteroatoms. The van der Waals surface area contributed by atoms with Crippen molar-refractivity contribution in [2.45, 2.75) is 71.6 Å². The van der Waals surface area contributed by atoms with Crippen LogP contribution in [0.2, 0.25) is 0 Å². The summed E-state index contributed by atoms with van der Waals surface area (Å²) in [5, 5.41) is 10.5. The summed E-state index contributed by atoms with van der Waals surface area (Å²) in [6.07, 6.45) is 4.47. The van der Waals surface area contributed by atoms with Gasteiger partial charge in [-0.2, -0.15) is 0 Å². The predicted molar refractivity (Wildman–Crippen MR) is 84.9 cm³/mol. The van der Waals surface area contributed by atoms with Crippen molar-refractivity contribution in [1.29, 1.82) is 0 Å². The van der Waals surface area contributed by atoms with Crippen molar-refractivity contribution in [3.05, 3.63) is 0 Å². The lowest BCUT2D eigenvalue weighted by Gasteiger charge is -2.49. The van der Waals surface area contributed by atoms with Crippen LogP contribution in [0.5, 0.6) is 0 Å². The molecule has 1 saturated carbocycles. The second-order valence-corrected chi connectivity index (χ2v) is 7.84. The summed E-state index contributed by atoms with van der Waals surface area (Å²) >= 11 is 0. The van der Waals surface area contributed by atoms with Gasteiger partial charge < -0.3 is 10.0 Å². The molecule has 1 N–H and O–H groups in total. The summed E-state index contributed by atoms with van der Waals surface area (Å²) in [5.74, 6) is 0.757. The van der Waals surface area contributed by atoms with Crippen LogP contribution in [0.25, 0.3) is 0 Å². The number of nitrogens with zero attached hydrogens (tertiary/aromatic N) is 2. The van der Waals surface area contributed by atoms with Crippen LogP contribution < -0.4 is 0 Å². The quantitative estimate of drug-likeness (QED) is 0.862. The van der Waals surface area contributed by atoms with Gasteiger partial charge in [-0.05, 0) is 44.6 Å². The number of hydrogen-bond acceptors (Lipinski definition) is 3. The first-order valence-electron chi connectivity index (χ1n) is 8.47. The molecule has 3 nitrogen and oxygen atoms in total. The number of aliphatic hydroxyl groups excluding tert-OH is 1. The molecule has 2 rings (SSSR count). The third-order valence-corrected chi connectivity index (χ3v) is 6.11. The minimum atomic E-state index is -0.121. The van der Waals surface area contributed by atoms with Crippen molar-refractivity contribution in [3.8, 4) is 0 Å². The summed E-state index contributed by atoms with van der Waals surface area (Å²) < 4.78 is 0. The van der Waals surface area contributed by atoms with Crippen LogP contribution >= 0.6 is 0 Å². The van der Waals surface area contributed by atoms with Gasteiger partial charge in [-0.3, -0.25) is 4.90 Å². The van der Waals surface area contributed by atoms with E-state index in [-0.39, 0.29) is 6.10 Å². The van der Waals surface area contributed by atoms with Gasteiger partial charge in [0.15, 0.2) is 0 Å². The standard InChI is InChI=1S/C17H34N2O/c1-6-17(3,4)14-7-8-16(20)15(11-14)19-10-9-18(5)12-13(19)2/h13-16,20H,6-12H2,1-5H3. The van der Waals surface area contributed by atoms with Gasteiger partial charge in [-0.15, -0.1) is 0 Å². The zero-order valence-corrected chi connectivity index (χ0v) is 14.1. The molecule has 4 unspecified atom stereocenters. The normalized spacial score (nSPS) is 38.1. The molecule has 118 valence electrons. The number of likely N-dealkylation sites (N-methyl/N-ethyl adjacent to an activating group) is 1. The Labute approximate surface area is 125 Å². The predicted octanol–water partition coefficient (Wildman–Crippen LogP) is 2.59. The molecule has 0 bridgehead atoms. The first-order valence-corrected chi connectivity index (χ1v) is 8.47. The smallest absolute Gasteiger partial charge is 0.0695 e. The molecule has 0 aromatic heterocycles. The van der Waals surface area contributed by atoms with Crippen LogP contribution in [-0.4, -0.2) is 59.8 Å². The lowest BCUT2D eigenvalue weighted by atomic mass is 9.67. The van der Waals surface area contributed by atoms with Gasteiger partial charge in [-0.25, -0.2) is 0 Å². The number of aliphatic hydroxyl groups is 1. The topological polar surface area (TPSA) is 26.7 Å². The van der Waals surface area contributed by atoms with Crippen LogP contribution in [0.1, 0.15) is 53.4 Å². The van der Waals surface area contributed by atoms with Crippen molar-refractivity contribution in [3.63, 3.8) is 0 Å². The van der Waals surface area contributed by atoms with Crippen LogP contribution in [0.3, 0.4) is 0 Å². The van der Waals surface area contributed by atoms with Crippen LogP contribution in [0.15, 0.2) is 0 Å². The van der Waals surface area contributed by atoms with E-state index in [1.54, 1.807) is 0 Å². The van der Waals surface area contributed by atoms with E-state index in [9.17, 15) is 5.11 Å². The third-order valence-electron chi connectivity index (χ3n) is 6.11. The Hall–Kier alpha value is -0.120. The molecular weight excluding hydrogens is 248 g/mol. The molecule has 1 saturated heterocycles. The van der Waals surface area contributed by atoms with Gasteiger partial charge in [0.25, 0.3) is 0 Å². The maximum Gasteiger partial charge on any atom is 0.0695 e. The highest BCUT2D eigenvalue weighted by Crippen LogP contribution is 2.42. The summed E-state index contributed by atoms with van der Waals surface area (Å²) in [7, 11) is 2.20. The number of hydrogen-bond donors (Lipinski definition) is 1. The van der Waals surface area contributed by atoms with E-state index in [4.69, 9.17) is 0 Å². The summed E-state index contributed by atoms with van der Waals surface area (Å²) in [4.78, 5) is 4.99. The Bertz CT molecular complexity index is 318. The molecule has 0 aromatic carbocycles. The average Bonchev–Trinajstić information content (AvgIpc) is 2.40. The fraction of sp³-hybridized carbons (Fsp3) is 1.00. The van der Waals surface area contributed by atoms with E-state index in [0.29, 0.717) is 17.5 Å². The third kappa shape index (κ3) is 3.37. The van der Waals surface area contributed by atoms with Crippen molar-refractivity contribution in [2.24, 2.45) is 11.3 Å². The maximum atomic E-state index is 10.5. The van der Waals surface area contributed by atoms with Crippen LogP contribution in [-0.2, 0) is 0 Å². The molecule has 0 aromatic rings. The van der Waals surface area contributed by atoms with E-state index in [1.165, 1.54) is 19.3 Å². The molecule has 2 fully saturated rings. The molecule has 0 amide bonds. The molecule has 4 atom stereocenters. The zero-order valence-electron chi connectivity index (χ0n) is 14.1. The molecule has 1 heterocycles. The van der Waals surface area contributed by atoms with Gasteiger partial charge in [0.2, 0.25) is 0 Å². The first kappa shape index (κ1) is 16.3. The van der Waals surface area contributed by atoms with E-state index in [2.05, 4.69) is 44.5 Å².